The van der Waals surface area contributed by atoms with E-state index in [-0.39, 0.29) is 0 Å². The molecule has 0 fully saturated rings. The van der Waals surface area contributed by atoms with Crippen LogP contribution in [0.25, 0.3) is 82.4 Å². The first-order chi connectivity index (χ1) is 19.3. The molecule has 0 aliphatic carbocycles. The van der Waals surface area contributed by atoms with Crippen molar-refractivity contribution in [1.29, 1.82) is 0 Å². The molecule has 0 atom stereocenters. The predicted octanol–water partition coefficient (Wildman–Crippen LogP) is 9.98. The number of fused-ring (bicyclic) bond motifs is 9. The van der Waals surface area contributed by atoms with Gasteiger partial charge in [-0.3, -0.25) is 0 Å². The molecule has 0 aliphatic heterocycles. The van der Waals surface area contributed by atoms with Crippen LogP contribution in [0.3, 0.4) is 0 Å². The summed E-state index contributed by atoms with van der Waals surface area (Å²) in [7, 11) is 0. The summed E-state index contributed by atoms with van der Waals surface area (Å²) in [4.78, 5) is 3.56. The van der Waals surface area contributed by atoms with E-state index in [1.807, 2.05) is 12.1 Å². The smallest absolute Gasteiger partial charge is 0.135 e. The van der Waals surface area contributed by atoms with E-state index in [0.29, 0.717) is 0 Å². The number of aromatic amines is 1. The third kappa shape index (κ3) is 2.93. The molecule has 3 heterocycles. The van der Waals surface area contributed by atoms with Gasteiger partial charge in [0.15, 0.2) is 0 Å². The van der Waals surface area contributed by atoms with Gasteiger partial charge in [0.05, 0.1) is 11.0 Å². The van der Waals surface area contributed by atoms with Gasteiger partial charge in [0.1, 0.15) is 11.2 Å². The first-order valence-corrected chi connectivity index (χ1v) is 13.3. The Morgan fingerprint density at radius 3 is 2.03 bits per heavy atom. The van der Waals surface area contributed by atoms with Crippen molar-refractivity contribution in [1.82, 2.24) is 9.55 Å². The predicted molar refractivity (Wildman–Crippen MR) is 163 cm³/mol. The number of benzene rings is 6. The van der Waals surface area contributed by atoms with Crippen molar-refractivity contribution >= 4 is 65.6 Å². The van der Waals surface area contributed by atoms with Gasteiger partial charge in [-0.25, -0.2) is 0 Å². The zero-order valence-electron chi connectivity index (χ0n) is 21.0. The Morgan fingerprint density at radius 2 is 1.10 bits per heavy atom. The third-order valence-electron chi connectivity index (χ3n) is 8.13. The zero-order valence-corrected chi connectivity index (χ0v) is 21.0. The number of para-hydroxylation sites is 3. The third-order valence-corrected chi connectivity index (χ3v) is 8.13. The van der Waals surface area contributed by atoms with Crippen molar-refractivity contribution in [3.63, 3.8) is 0 Å². The molecule has 0 radical (unpaired) electrons. The monoisotopic (exact) mass is 498 g/mol. The maximum atomic E-state index is 6.07. The van der Waals surface area contributed by atoms with Crippen molar-refractivity contribution in [2.75, 3.05) is 0 Å². The number of hydrogen-bond donors (Lipinski definition) is 1. The molecule has 0 unspecified atom stereocenters. The van der Waals surface area contributed by atoms with Crippen LogP contribution >= 0.6 is 0 Å². The Bertz CT molecular complexity index is 2400. The lowest BCUT2D eigenvalue weighted by molar-refractivity contribution is 0.669. The second-order valence-corrected chi connectivity index (χ2v) is 10.3. The van der Waals surface area contributed by atoms with Crippen molar-refractivity contribution in [3.05, 3.63) is 127 Å². The molecule has 0 aliphatic rings. The van der Waals surface area contributed by atoms with Crippen molar-refractivity contribution in [2.24, 2.45) is 0 Å². The molecule has 3 aromatic heterocycles. The Balaban J connectivity index is 1.28. The number of H-pyrrole nitrogens is 1. The van der Waals surface area contributed by atoms with E-state index in [9.17, 15) is 0 Å². The maximum absolute atomic E-state index is 6.07. The van der Waals surface area contributed by atoms with Gasteiger partial charge in [0, 0.05) is 49.0 Å². The molecular weight excluding hydrogens is 476 g/mol. The lowest BCUT2D eigenvalue weighted by Gasteiger charge is -2.09. The van der Waals surface area contributed by atoms with Crippen LogP contribution in [-0.4, -0.2) is 9.55 Å². The second-order valence-electron chi connectivity index (χ2n) is 10.3. The fourth-order valence-corrected chi connectivity index (χ4v) is 6.31. The van der Waals surface area contributed by atoms with Gasteiger partial charge in [-0.15, -0.1) is 0 Å². The molecule has 9 rings (SSSR count). The number of rotatable bonds is 2. The largest absolute Gasteiger partial charge is 0.456 e. The van der Waals surface area contributed by atoms with E-state index in [4.69, 9.17) is 4.42 Å². The normalized spacial score (nSPS) is 12.1. The van der Waals surface area contributed by atoms with E-state index >= 15 is 0 Å². The summed E-state index contributed by atoms with van der Waals surface area (Å²) < 4.78 is 8.46. The Kier molecular flexibility index (Phi) is 4.05. The van der Waals surface area contributed by atoms with Gasteiger partial charge in [0.2, 0.25) is 0 Å². The maximum Gasteiger partial charge on any atom is 0.135 e. The quantitative estimate of drug-likeness (QED) is 0.253. The van der Waals surface area contributed by atoms with E-state index < -0.39 is 0 Å². The highest BCUT2D eigenvalue weighted by Gasteiger charge is 2.15. The first kappa shape index (κ1) is 20.7. The van der Waals surface area contributed by atoms with Crippen LogP contribution in [0.1, 0.15) is 0 Å². The van der Waals surface area contributed by atoms with Gasteiger partial charge in [0.25, 0.3) is 0 Å². The van der Waals surface area contributed by atoms with Gasteiger partial charge in [-0.1, -0.05) is 66.7 Å². The minimum absolute atomic E-state index is 0.922. The molecule has 3 nitrogen and oxygen atoms in total. The van der Waals surface area contributed by atoms with Crippen LogP contribution in [0.2, 0.25) is 0 Å². The fraction of sp³-hybridized carbons (Fsp3) is 0. The number of furan rings is 1. The molecule has 0 amide bonds. The summed E-state index contributed by atoms with van der Waals surface area (Å²) in [6.07, 6.45) is 0. The molecule has 3 heteroatoms. The molecule has 182 valence electrons. The average molecular weight is 499 g/mol. The standard InChI is InChI=1S/C36H22N2O/c1-4-10-31-25(7-1)28-21-24(15-16-32(28)37-31)38-33-11-5-2-8-26(33)29-19-22(13-17-34(29)38)23-14-18-36-30(20-23)27-9-3-6-12-35(27)39-36/h1-21,37H. The Hall–Kier alpha value is -5.28. The van der Waals surface area contributed by atoms with Crippen LogP contribution in [0, 0.1) is 0 Å². The molecule has 0 bridgehead atoms. The Morgan fingerprint density at radius 1 is 0.436 bits per heavy atom. The lowest BCUT2D eigenvalue weighted by Crippen LogP contribution is -1.93. The average Bonchev–Trinajstić information content (AvgIpc) is 3.65. The molecule has 1 N–H and O–H groups in total. The van der Waals surface area contributed by atoms with Crippen molar-refractivity contribution < 1.29 is 4.42 Å². The molecule has 6 aromatic carbocycles. The summed E-state index contributed by atoms with van der Waals surface area (Å²) in [5.41, 5.74) is 10.1. The highest BCUT2D eigenvalue weighted by molar-refractivity contribution is 6.12. The van der Waals surface area contributed by atoms with Gasteiger partial charge in [-0.05, 0) is 71.8 Å². The topological polar surface area (TPSA) is 33.9 Å². The van der Waals surface area contributed by atoms with E-state index in [2.05, 4.69) is 125 Å². The number of nitrogens with one attached hydrogen (secondary N) is 1. The van der Waals surface area contributed by atoms with E-state index in [1.54, 1.807) is 0 Å². The summed E-state index contributed by atoms with van der Waals surface area (Å²) in [5, 5.41) is 7.30. The van der Waals surface area contributed by atoms with Crippen LogP contribution in [0.5, 0.6) is 0 Å². The second kappa shape index (κ2) is 7.62. The zero-order chi connectivity index (χ0) is 25.5. The molecule has 0 saturated heterocycles. The highest BCUT2D eigenvalue weighted by atomic mass is 16.3. The molecule has 39 heavy (non-hydrogen) atoms. The van der Waals surface area contributed by atoms with E-state index in [0.717, 1.165) is 33.1 Å². The minimum atomic E-state index is 0.922. The summed E-state index contributed by atoms with van der Waals surface area (Å²) in [6.45, 7) is 0. The van der Waals surface area contributed by atoms with Crippen molar-refractivity contribution in [2.45, 2.75) is 0 Å². The van der Waals surface area contributed by atoms with Gasteiger partial charge < -0.3 is 14.0 Å². The van der Waals surface area contributed by atoms with Gasteiger partial charge >= 0.3 is 0 Å². The minimum Gasteiger partial charge on any atom is -0.456 e. The molecule has 0 spiro atoms. The van der Waals surface area contributed by atoms with Crippen LogP contribution in [0.15, 0.2) is 132 Å². The summed E-state index contributed by atoms with van der Waals surface area (Å²) in [5.74, 6) is 0. The van der Waals surface area contributed by atoms with Crippen LogP contribution < -0.4 is 0 Å². The summed E-state index contributed by atoms with van der Waals surface area (Å²) >= 11 is 0. The number of hydrogen-bond acceptors (Lipinski definition) is 1. The summed E-state index contributed by atoms with van der Waals surface area (Å²) in [6, 6.07) is 45.6. The first-order valence-electron chi connectivity index (χ1n) is 13.3. The van der Waals surface area contributed by atoms with Gasteiger partial charge in [-0.2, -0.15) is 0 Å². The van der Waals surface area contributed by atoms with Crippen LogP contribution in [-0.2, 0) is 0 Å². The number of nitrogens with zero attached hydrogens (tertiary/aromatic N) is 1. The van der Waals surface area contributed by atoms with Crippen molar-refractivity contribution in [3.8, 4) is 16.8 Å². The van der Waals surface area contributed by atoms with E-state index in [1.165, 1.54) is 49.2 Å². The fourth-order valence-electron chi connectivity index (χ4n) is 6.31. The lowest BCUT2D eigenvalue weighted by atomic mass is 10.0. The number of aromatic nitrogens is 2. The molecule has 9 aromatic rings. The van der Waals surface area contributed by atoms with Crippen LogP contribution in [0.4, 0.5) is 0 Å². The highest BCUT2D eigenvalue weighted by Crippen LogP contribution is 2.38. The molecular formula is C36H22N2O. The SMILES string of the molecule is c1ccc2c(c1)[nH]c1ccc(-n3c4ccccc4c4cc(-c5ccc6oc7ccccc7c6c5)ccc43)cc12. The molecule has 0 saturated carbocycles. The Labute approximate surface area is 223 Å².